The van der Waals surface area contributed by atoms with Gasteiger partial charge >= 0.3 is 0 Å². The number of halogens is 3. The zero-order valence-corrected chi connectivity index (χ0v) is 12.2. The molecule has 18 heavy (non-hydrogen) atoms. The maximum absolute atomic E-state index is 12.0. The Morgan fingerprint density at radius 3 is 2.39 bits per heavy atom. The van der Waals surface area contributed by atoms with Gasteiger partial charge in [0.05, 0.1) is 10.6 Å². The van der Waals surface area contributed by atoms with E-state index in [0.29, 0.717) is 21.3 Å². The van der Waals surface area contributed by atoms with Crippen molar-refractivity contribution in [2.75, 3.05) is 5.32 Å². The maximum Gasteiger partial charge on any atom is 0.257 e. The first-order valence-electron chi connectivity index (χ1n) is 5.08. The van der Waals surface area contributed by atoms with Crippen LogP contribution in [0.5, 0.6) is 0 Å². The van der Waals surface area contributed by atoms with Crippen LogP contribution in [-0.4, -0.2) is 5.91 Å². The number of rotatable bonds is 2. The summed E-state index contributed by atoms with van der Waals surface area (Å²) in [6.45, 7) is 0. The highest BCUT2D eigenvalue weighted by Gasteiger charge is 2.11. The molecule has 1 amide bonds. The van der Waals surface area contributed by atoms with Crippen LogP contribution >= 0.6 is 39.1 Å². The predicted octanol–water partition coefficient (Wildman–Crippen LogP) is 5.01. The molecule has 0 spiro atoms. The number of hydrogen-bond acceptors (Lipinski definition) is 1. The molecule has 0 fully saturated rings. The van der Waals surface area contributed by atoms with Crippen LogP contribution in [0.15, 0.2) is 46.9 Å². The average Bonchev–Trinajstić information content (AvgIpc) is 2.35. The van der Waals surface area contributed by atoms with E-state index < -0.39 is 0 Å². The summed E-state index contributed by atoms with van der Waals surface area (Å²) in [5, 5.41) is 3.78. The van der Waals surface area contributed by atoms with Crippen LogP contribution in [0.25, 0.3) is 0 Å². The number of nitrogens with one attached hydrogen (secondary N) is 1. The first-order valence-corrected chi connectivity index (χ1v) is 6.63. The molecule has 92 valence electrons. The minimum absolute atomic E-state index is 0.261. The molecule has 0 atom stereocenters. The van der Waals surface area contributed by atoms with Crippen molar-refractivity contribution in [3.8, 4) is 0 Å². The molecule has 0 aliphatic rings. The minimum Gasteiger partial charge on any atom is -0.322 e. The van der Waals surface area contributed by atoms with Gasteiger partial charge in [-0.15, -0.1) is 0 Å². The van der Waals surface area contributed by atoms with Gasteiger partial charge in [0.1, 0.15) is 0 Å². The van der Waals surface area contributed by atoms with Gasteiger partial charge in [-0.05, 0) is 42.5 Å². The van der Waals surface area contributed by atoms with Crippen molar-refractivity contribution in [2.45, 2.75) is 0 Å². The Balaban J connectivity index is 2.21. The Morgan fingerprint density at radius 2 is 1.72 bits per heavy atom. The van der Waals surface area contributed by atoms with Crippen LogP contribution in [0, 0.1) is 0 Å². The Labute approximate surface area is 123 Å². The van der Waals surface area contributed by atoms with Crippen LogP contribution in [0.3, 0.4) is 0 Å². The standard InChI is InChI=1S/C13H8BrCl2NO/c14-8-1-6-12(16)11(7-8)13(18)17-10-4-2-9(15)3-5-10/h1-7H,(H,17,18). The van der Waals surface area contributed by atoms with E-state index in [1.54, 1.807) is 42.5 Å². The third-order valence-corrected chi connectivity index (χ3v) is 3.35. The normalized spacial score (nSPS) is 10.2. The number of anilines is 1. The highest BCUT2D eigenvalue weighted by atomic mass is 79.9. The van der Waals surface area contributed by atoms with Crippen molar-refractivity contribution in [3.05, 3.63) is 62.5 Å². The molecule has 0 saturated heterocycles. The lowest BCUT2D eigenvalue weighted by molar-refractivity contribution is 0.102. The minimum atomic E-state index is -0.261. The molecule has 0 unspecified atom stereocenters. The van der Waals surface area contributed by atoms with Gasteiger partial charge in [0.25, 0.3) is 5.91 Å². The lowest BCUT2D eigenvalue weighted by Gasteiger charge is -2.07. The molecule has 0 bridgehead atoms. The van der Waals surface area contributed by atoms with Crippen LogP contribution in [-0.2, 0) is 0 Å². The van der Waals surface area contributed by atoms with E-state index in [-0.39, 0.29) is 5.91 Å². The van der Waals surface area contributed by atoms with Crippen LogP contribution < -0.4 is 5.32 Å². The van der Waals surface area contributed by atoms with Crippen molar-refractivity contribution < 1.29 is 4.79 Å². The topological polar surface area (TPSA) is 29.1 Å². The second-order valence-corrected chi connectivity index (χ2v) is 5.34. The van der Waals surface area contributed by atoms with E-state index >= 15 is 0 Å². The van der Waals surface area contributed by atoms with Gasteiger partial charge < -0.3 is 5.32 Å². The molecule has 0 saturated carbocycles. The smallest absolute Gasteiger partial charge is 0.257 e. The molecule has 2 aromatic rings. The fourth-order valence-corrected chi connectivity index (χ4v) is 2.09. The molecule has 0 heterocycles. The highest BCUT2D eigenvalue weighted by Crippen LogP contribution is 2.22. The lowest BCUT2D eigenvalue weighted by atomic mass is 10.2. The quantitative estimate of drug-likeness (QED) is 0.815. The van der Waals surface area contributed by atoms with Gasteiger partial charge in [-0.1, -0.05) is 39.1 Å². The summed E-state index contributed by atoms with van der Waals surface area (Å²) >= 11 is 15.1. The van der Waals surface area contributed by atoms with Gasteiger partial charge in [-0.25, -0.2) is 0 Å². The zero-order chi connectivity index (χ0) is 13.1. The van der Waals surface area contributed by atoms with Crippen molar-refractivity contribution in [2.24, 2.45) is 0 Å². The molecule has 0 aromatic heterocycles. The van der Waals surface area contributed by atoms with Gasteiger partial charge in [-0.3, -0.25) is 4.79 Å². The molecule has 2 nitrogen and oxygen atoms in total. The molecule has 2 rings (SSSR count). The van der Waals surface area contributed by atoms with Gasteiger partial charge in [0.15, 0.2) is 0 Å². The molecule has 2 aromatic carbocycles. The van der Waals surface area contributed by atoms with E-state index in [1.165, 1.54) is 0 Å². The SMILES string of the molecule is O=C(Nc1ccc(Cl)cc1)c1cc(Br)ccc1Cl. The van der Waals surface area contributed by atoms with Crippen molar-refractivity contribution in [1.82, 2.24) is 0 Å². The summed E-state index contributed by atoms with van der Waals surface area (Å²) in [6.07, 6.45) is 0. The van der Waals surface area contributed by atoms with E-state index in [4.69, 9.17) is 23.2 Å². The molecule has 5 heteroatoms. The lowest BCUT2D eigenvalue weighted by Crippen LogP contribution is -2.12. The summed E-state index contributed by atoms with van der Waals surface area (Å²) in [6, 6.07) is 12.0. The fraction of sp³-hybridized carbons (Fsp3) is 0. The maximum atomic E-state index is 12.0. The summed E-state index contributed by atoms with van der Waals surface area (Å²) in [4.78, 5) is 12.0. The largest absolute Gasteiger partial charge is 0.322 e. The summed E-state index contributed by atoms with van der Waals surface area (Å²) < 4.78 is 0.799. The molecule has 0 aliphatic carbocycles. The van der Waals surface area contributed by atoms with E-state index in [0.717, 1.165) is 4.47 Å². The van der Waals surface area contributed by atoms with Crippen molar-refractivity contribution >= 4 is 50.7 Å². The number of benzene rings is 2. The molecular formula is C13H8BrCl2NO. The highest BCUT2D eigenvalue weighted by molar-refractivity contribution is 9.10. The van der Waals surface area contributed by atoms with E-state index in [2.05, 4.69) is 21.2 Å². The monoisotopic (exact) mass is 343 g/mol. The van der Waals surface area contributed by atoms with E-state index in [1.807, 2.05) is 0 Å². The van der Waals surface area contributed by atoms with Crippen molar-refractivity contribution in [3.63, 3.8) is 0 Å². The van der Waals surface area contributed by atoms with Crippen LogP contribution in [0.1, 0.15) is 10.4 Å². The number of hydrogen-bond donors (Lipinski definition) is 1. The first kappa shape index (κ1) is 13.4. The molecule has 1 N–H and O–H groups in total. The Kier molecular flexibility index (Phi) is 4.27. The van der Waals surface area contributed by atoms with Gasteiger partial charge in [0.2, 0.25) is 0 Å². The first-order chi connectivity index (χ1) is 8.56. The van der Waals surface area contributed by atoms with Gasteiger partial charge in [-0.2, -0.15) is 0 Å². The van der Waals surface area contributed by atoms with Crippen molar-refractivity contribution in [1.29, 1.82) is 0 Å². The van der Waals surface area contributed by atoms with Gasteiger partial charge in [0, 0.05) is 15.2 Å². The van der Waals surface area contributed by atoms with Crippen LogP contribution in [0.4, 0.5) is 5.69 Å². The second kappa shape index (κ2) is 5.74. The number of carbonyl (C=O) groups is 1. The number of amides is 1. The zero-order valence-electron chi connectivity index (χ0n) is 9.08. The molecule has 0 aliphatic heterocycles. The van der Waals surface area contributed by atoms with Crippen LogP contribution in [0.2, 0.25) is 10.0 Å². The molecular weight excluding hydrogens is 337 g/mol. The fourth-order valence-electron chi connectivity index (χ4n) is 1.40. The average molecular weight is 345 g/mol. The second-order valence-electron chi connectivity index (χ2n) is 3.59. The summed E-state index contributed by atoms with van der Waals surface area (Å²) in [5.41, 5.74) is 1.08. The Hall–Kier alpha value is -1.03. The van der Waals surface area contributed by atoms with E-state index in [9.17, 15) is 4.79 Å². The summed E-state index contributed by atoms with van der Waals surface area (Å²) in [5.74, 6) is -0.261. The summed E-state index contributed by atoms with van der Waals surface area (Å²) in [7, 11) is 0. The number of carbonyl (C=O) groups excluding carboxylic acids is 1. The Morgan fingerprint density at radius 1 is 1.06 bits per heavy atom. The third kappa shape index (κ3) is 3.25. The third-order valence-electron chi connectivity index (χ3n) is 2.28. The Bertz CT molecular complexity index is 584. The predicted molar refractivity (Wildman–Crippen MR) is 78.6 cm³/mol. The molecule has 0 radical (unpaired) electrons.